The fraction of sp³-hybridized carbons (Fsp3) is 0.556. The number of ether oxygens (including phenoxy) is 1. The third-order valence-electron chi connectivity index (χ3n) is 3.20. The van der Waals surface area contributed by atoms with Gasteiger partial charge in [0, 0.05) is 0 Å². The van der Waals surface area contributed by atoms with Crippen LogP contribution in [0.2, 0.25) is 0 Å². The molecule has 0 aromatic rings. The Labute approximate surface area is 69.4 Å². The molecule has 3 rings (SSSR count). The molecule has 1 heterocycles. The zero-order valence-corrected chi connectivity index (χ0v) is 6.40. The molecule has 1 saturated carbocycles. The van der Waals surface area contributed by atoms with Crippen LogP contribution in [0.1, 0.15) is 6.42 Å². The lowest BCUT2D eigenvalue weighted by molar-refractivity contribution is -0.154. The van der Waals surface area contributed by atoms with Crippen LogP contribution in [0, 0.1) is 23.7 Å². The predicted molar refractivity (Wildman–Crippen MR) is 38.8 cm³/mol. The van der Waals surface area contributed by atoms with Gasteiger partial charge in [0.05, 0.1) is 11.8 Å². The maximum absolute atomic E-state index is 11.2. The van der Waals surface area contributed by atoms with E-state index in [1.54, 1.807) is 0 Å². The molecule has 0 aromatic carbocycles. The first kappa shape index (κ1) is 6.40. The van der Waals surface area contributed by atoms with Crippen molar-refractivity contribution in [2.45, 2.75) is 6.42 Å². The molecule has 0 N–H and O–H groups in total. The lowest BCUT2D eigenvalue weighted by atomic mass is 9.85. The van der Waals surface area contributed by atoms with Gasteiger partial charge in [0.15, 0.2) is 0 Å². The molecular weight excluding hydrogens is 156 g/mol. The van der Waals surface area contributed by atoms with Gasteiger partial charge in [-0.3, -0.25) is 9.59 Å². The monoisotopic (exact) mass is 164 g/mol. The van der Waals surface area contributed by atoms with Crippen molar-refractivity contribution in [1.29, 1.82) is 0 Å². The number of fused-ring (bicyclic) bond motifs is 5. The van der Waals surface area contributed by atoms with Crippen molar-refractivity contribution in [3.8, 4) is 0 Å². The first-order valence-electron chi connectivity index (χ1n) is 4.21. The van der Waals surface area contributed by atoms with Gasteiger partial charge in [-0.15, -0.1) is 0 Å². The highest BCUT2D eigenvalue weighted by molar-refractivity contribution is 5.98. The van der Waals surface area contributed by atoms with Gasteiger partial charge in [0.25, 0.3) is 0 Å². The third kappa shape index (κ3) is 0.543. The van der Waals surface area contributed by atoms with Crippen molar-refractivity contribution >= 4 is 11.9 Å². The zero-order valence-electron chi connectivity index (χ0n) is 6.40. The Balaban J connectivity index is 2.08. The summed E-state index contributed by atoms with van der Waals surface area (Å²) in [6.45, 7) is 0. The standard InChI is InChI=1S/C9H8O3/c10-8-6-4-1-2-5(3-4)7(6)9(11)12-8/h1-2,4-7H,3H2/t4-,5?,6?,7+/m1/s1. The van der Waals surface area contributed by atoms with Crippen molar-refractivity contribution in [3.63, 3.8) is 0 Å². The van der Waals surface area contributed by atoms with E-state index in [9.17, 15) is 9.59 Å². The van der Waals surface area contributed by atoms with Crippen LogP contribution in [0.4, 0.5) is 0 Å². The molecule has 12 heavy (non-hydrogen) atoms. The van der Waals surface area contributed by atoms with Gasteiger partial charge in [0.1, 0.15) is 0 Å². The third-order valence-corrected chi connectivity index (χ3v) is 3.20. The molecule has 0 aromatic heterocycles. The van der Waals surface area contributed by atoms with E-state index in [-0.39, 0.29) is 35.6 Å². The molecule has 1 aliphatic heterocycles. The molecule has 3 heteroatoms. The second-order valence-corrected chi connectivity index (χ2v) is 3.74. The average Bonchev–Trinajstić information content (AvgIpc) is 2.64. The van der Waals surface area contributed by atoms with Crippen molar-refractivity contribution in [2.75, 3.05) is 0 Å². The largest absolute Gasteiger partial charge is 0.393 e. The number of esters is 2. The van der Waals surface area contributed by atoms with Gasteiger partial charge >= 0.3 is 11.9 Å². The van der Waals surface area contributed by atoms with Crippen LogP contribution in [0.25, 0.3) is 0 Å². The number of allylic oxidation sites excluding steroid dienone is 2. The average molecular weight is 164 g/mol. The highest BCUT2D eigenvalue weighted by atomic mass is 16.6. The highest BCUT2D eigenvalue weighted by Gasteiger charge is 2.57. The summed E-state index contributed by atoms with van der Waals surface area (Å²) in [5.74, 6) is -0.346. The summed E-state index contributed by atoms with van der Waals surface area (Å²) >= 11 is 0. The zero-order chi connectivity index (χ0) is 8.29. The van der Waals surface area contributed by atoms with Crippen LogP contribution in [-0.2, 0) is 14.3 Å². The van der Waals surface area contributed by atoms with Gasteiger partial charge in [0.2, 0.25) is 0 Å². The minimum atomic E-state index is -0.304. The van der Waals surface area contributed by atoms with E-state index >= 15 is 0 Å². The van der Waals surface area contributed by atoms with Gasteiger partial charge < -0.3 is 4.74 Å². The first-order chi connectivity index (χ1) is 5.77. The Kier molecular flexibility index (Phi) is 0.953. The molecule has 2 fully saturated rings. The number of carbonyl (C=O) groups excluding carboxylic acids is 2. The molecule has 2 bridgehead atoms. The maximum atomic E-state index is 11.2. The molecule has 0 amide bonds. The van der Waals surface area contributed by atoms with Crippen molar-refractivity contribution in [3.05, 3.63) is 12.2 Å². The highest BCUT2D eigenvalue weighted by Crippen LogP contribution is 2.51. The smallest absolute Gasteiger partial charge is 0.318 e. The number of hydrogen-bond donors (Lipinski definition) is 0. The van der Waals surface area contributed by atoms with E-state index in [2.05, 4.69) is 4.74 Å². The maximum Gasteiger partial charge on any atom is 0.318 e. The normalized spacial score (nSPS) is 48.3. The van der Waals surface area contributed by atoms with E-state index < -0.39 is 0 Å². The van der Waals surface area contributed by atoms with E-state index in [0.29, 0.717) is 0 Å². The second-order valence-electron chi connectivity index (χ2n) is 3.74. The topological polar surface area (TPSA) is 43.4 Å². The van der Waals surface area contributed by atoms with Gasteiger partial charge in [-0.25, -0.2) is 0 Å². The minimum Gasteiger partial charge on any atom is -0.393 e. The summed E-state index contributed by atoms with van der Waals surface area (Å²) in [6, 6.07) is 0. The molecule has 62 valence electrons. The van der Waals surface area contributed by atoms with Crippen molar-refractivity contribution in [2.24, 2.45) is 23.7 Å². The summed E-state index contributed by atoms with van der Waals surface area (Å²) in [5.41, 5.74) is 0. The van der Waals surface area contributed by atoms with Crippen molar-refractivity contribution < 1.29 is 14.3 Å². The van der Waals surface area contributed by atoms with Crippen LogP contribution < -0.4 is 0 Å². The Morgan fingerprint density at radius 1 is 1.08 bits per heavy atom. The Bertz CT molecular complexity index is 277. The van der Waals surface area contributed by atoms with Gasteiger partial charge in [-0.1, -0.05) is 12.2 Å². The van der Waals surface area contributed by atoms with Crippen LogP contribution in [0.5, 0.6) is 0 Å². The molecule has 3 nitrogen and oxygen atoms in total. The van der Waals surface area contributed by atoms with E-state index in [1.807, 2.05) is 12.2 Å². The van der Waals surface area contributed by atoms with Gasteiger partial charge in [-0.05, 0) is 18.3 Å². The van der Waals surface area contributed by atoms with Crippen molar-refractivity contribution in [1.82, 2.24) is 0 Å². The van der Waals surface area contributed by atoms with E-state index in [0.717, 1.165) is 6.42 Å². The van der Waals surface area contributed by atoms with Crippen LogP contribution in [0.15, 0.2) is 12.2 Å². The first-order valence-corrected chi connectivity index (χ1v) is 4.21. The predicted octanol–water partition coefficient (Wildman–Crippen LogP) is 0.508. The number of carbonyl (C=O) groups is 2. The Hall–Kier alpha value is -1.12. The van der Waals surface area contributed by atoms with Gasteiger partial charge in [-0.2, -0.15) is 0 Å². The summed E-state index contributed by atoms with van der Waals surface area (Å²) in [7, 11) is 0. The molecule has 0 radical (unpaired) electrons. The Morgan fingerprint density at radius 3 is 2.08 bits per heavy atom. The quantitative estimate of drug-likeness (QED) is 0.297. The van der Waals surface area contributed by atoms with Crippen LogP contribution in [-0.4, -0.2) is 11.9 Å². The second kappa shape index (κ2) is 1.79. The lowest BCUT2D eigenvalue weighted by Crippen LogP contribution is -2.21. The molecule has 2 aliphatic carbocycles. The SMILES string of the molecule is O=C1OC(=O)[C@H]2C3C=C[C@H](C3)C12. The molecular formula is C9H8O3. The van der Waals surface area contributed by atoms with E-state index in [4.69, 9.17) is 0 Å². The minimum absolute atomic E-state index is 0.146. The summed E-state index contributed by atoms with van der Waals surface area (Å²) < 4.78 is 4.59. The lowest BCUT2D eigenvalue weighted by Gasteiger charge is -2.12. The Morgan fingerprint density at radius 2 is 1.58 bits per heavy atom. The summed E-state index contributed by atoms with van der Waals surface area (Å²) in [4.78, 5) is 22.4. The van der Waals surface area contributed by atoms with E-state index in [1.165, 1.54) is 0 Å². The van der Waals surface area contributed by atoms with Crippen LogP contribution in [0.3, 0.4) is 0 Å². The molecule has 0 spiro atoms. The summed E-state index contributed by atoms with van der Waals surface area (Å²) in [5, 5.41) is 0. The number of hydrogen-bond acceptors (Lipinski definition) is 3. The fourth-order valence-corrected chi connectivity index (χ4v) is 2.70. The van der Waals surface area contributed by atoms with Crippen LogP contribution >= 0.6 is 0 Å². The fourth-order valence-electron chi connectivity index (χ4n) is 2.70. The molecule has 3 aliphatic rings. The molecule has 2 unspecified atom stereocenters. The summed E-state index contributed by atoms with van der Waals surface area (Å²) in [6.07, 6.45) is 5.06. The molecule has 1 saturated heterocycles. The molecule has 4 atom stereocenters. The number of cyclic esters (lactones) is 2. The number of rotatable bonds is 0.